The van der Waals surface area contributed by atoms with E-state index < -0.39 is 11.7 Å². The molecule has 0 aliphatic heterocycles. The highest BCUT2D eigenvalue weighted by Crippen LogP contribution is 2.40. The van der Waals surface area contributed by atoms with Gasteiger partial charge in [0.1, 0.15) is 5.65 Å². The molecule has 40 heavy (non-hydrogen) atoms. The third-order valence-corrected chi connectivity index (χ3v) is 7.78. The summed E-state index contributed by atoms with van der Waals surface area (Å²) in [6.07, 6.45) is -1.76. The molecule has 2 nitrogen and oxygen atoms in total. The second-order valence-electron chi connectivity index (χ2n) is 11.2. The smallest absolute Gasteiger partial charge is 0.299 e. The normalized spacial score (nSPS) is 12.4. The van der Waals surface area contributed by atoms with Gasteiger partial charge in [0.05, 0.1) is 16.8 Å². The first-order valence-corrected chi connectivity index (χ1v) is 13.7. The monoisotopic (exact) mass is 536 g/mol. The maximum Gasteiger partial charge on any atom is 0.416 e. The predicted octanol–water partition coefficient (Wildman–Crippen LogP) is 10.2. The van der Waals surface area contributed by atoms with Crippen LogP contribution in [0.15, 0.2) is 91.1 Å². The number of benzene rings is 4. The number of hydrogen-bond acceptors (Lipinski definition) is 1. The van der Waals surface area contributed by atoms with Crippen LogP contribution in [0.3, 0.4) is 0 Å². The standard InChI is InChI=1S/C35H31F3N2/c1-21(2)27-11-8-12-28(22(3)4)33(27)24-13-15-29-31-19-25(35(36,37)38)14-16-30(31)34-39-26(20-40(34)32(29)18-24)17-23-9-6-5-7-10-23/h5-16,18-22H,17H2,1-4H3. The summed E-state index contributed by atoms with van der Waals surface area (Å²) in [7, 11) is 0. The molecule has 0 unspecified atom stereocenters. The highest BCUT2D eigenvalue weighted by Gasteiger charge is 2.31. The molecule has 0 spiro atoms. The second-order valence-corrected chi connectivity index (χ2v) is 11.2. The molecule has 0 fully saturated rings. The molecule has 0 saturated carbocycles. The molecule has 0 N–H and O–H groups in total. The number of alkyl halides is 3. The van der Waals surface area contributed by atoms with Gasteiger partial charge in [-0.05, 0) is 63.2 Å². The van der Waals surface area contributed by atoms with Crippen LogP contribution in [0, 0.1) is 0 Å². The quantitative estimate of drug-likeness (QED) is 0.200. The number of fused-ring (bicyclic) bond motifs is 6. The van der Waals surface area contributed by atoms with Crippen LogP contribution in [0.2, 0.25) is 0 Å². The van der Waals surface area contributed by atoms with Crippen LogP contribution in [-0.2, 0) is 12.6 Å². The Morgan fingerprint density at radius 3 is 2.05 bits per heavy atom. The number of nitrogens with zero attached hydrogens (tertiary/aromatic N) is 2. The van der Waals surface area contributed by atoms with Crippen LogP contribution < -0.4 is 0 Å². The van der Waals surface area contributed by atoms with Crippen LogP contribution in [-0.4, -0.2) is 9.38 Å². The summed E-state index contributed by atoms with van der Waals surface area (Å²) in [5.74, 6) is 0.641. The van der Waals surface area contributed by atoms with Crippen LogP contribution in [0.4, 0.5) is 13.2 Å². The molecule has 2 aromatic heterocycles. The van der Waals surface area contributed by atoms with Gasteiger partial charge in [-0.3, -0.25) is 4.40 Å². The van der Waals surface area contributed by atoms with Crippen LogP contribution >= 0.6 is 0 Å². The van der Waals surface area contributed by atoms with Gasteiger partial charge < -0.3 is 0 Å². The maximum atomic E-state index is 13.8. The zero-order chi connectivity index (χ0) is 28.2. The summed E-state index contributed by atoms with van der Waals surface area (Å²) in [5.41, 5.74) is 7.65. The Hall–Kier alpha value is -4.12. The highest BCUT2D eigenvalue weighted by molar-refractivity contribution is 6.12. The van der Waals surface area contributed by atoms with Crippen molar-refractivity contribution >= 4 is 27.3 Å². The molecular weight excluding hydrogens is 505 g/mol. The maximum absolute atomic E-state index is 13.8. The molecule has 5 heteroatoms. The van der Waals surface area contributed by atoms with E-state index in [4.69, 9.17) is 4.98 Å². The zero-order valence-electron chi connectivity index (χ0n) is 23.1. The first-order valence-electron chi connectivity index (χ1n) is 13.7. The fourth-order valence-corrected chi connectivity index (χ4v) is 5.83. The third kappa shape index (κ3) is 4.53. The fraction of sp³-hybridized carbons (Fsp3) is 0.229. The van der Waals surface area contributed by atoms with Gasteiger partial charge >= 0.3 is 6.18 Å². The van der Waals surface area contributed by atoms with Crippen LogP contribution in [0.25, 0.3) is 38.4 Å². The summed E-state index contributed by atoms with van der Waals surface area (Å²) in [4.78, 5) is 4.95. The van der Waals surface area contributed by atoms with E-state index in [1.54, 1.807) is 6.07 Å². The van der Waals surface area contributed by atoms with Gasteiger partial charge in [-0.25, -0.2) is 4.98 Å². The molecule has 0 atom stereocenters. The molecule has 0 radical (unpaired) electrons. The summed E-state index contributed by atoms with van der Waals surface area (Å²) in [5, 5.41) is 2.04. The average Bonchev–Trinajstić information content (AvgIpc) is 3.36. The second kappa shape index (κ2) is 9.81. The van der Waals surface area contributed by atoms with E-state index in [0.29, 0.717) is 34.7 Å². The van der Waals surface area contributed by atoms with E-state index in [0.717, 1.165) is 33.8 Å². The molecule has 0 saturated heterocycles. The van der Waals surface area contributed by atoms with Gasteiger partial charge in [0.25, 0.3) is 0 Å². The van der Waals surface area contributed by atoms with Crippen molar-refractivity contribution in [3.05, 3.63) is 119 Å². The first-order chi connectivity index (χ1) is 19.1. The number of hydrogen-bond donors (Lipinski definition) is 0. The van der Waals surface area contributed by atoms with Crippen molar-refractivity contribution in [3.63, 3.8) is 0 Å². The van der Waals surface area contributed by atoms with Gasteiger partial charge in [0, 0.05) is 23.4 Å². The molecule has 6 rings (SSSR count). The summed E-state index contributed by atoms with van der Waals surface area (Å²) in [6, 6.07) is 26.7. The lowest BCUT2D eigenvalue weighted by Crippen LogP contribution is -2.04. The zero-order valence-corrected chi connectivity index (χ0v) is 23.1. The van der Waals surface area contributed by atoms with E-state index in [-0.39, 0.29) is 0 Å². The number of rotatable bonds is 5. The van der Waals surface area contributed by atoms with Crippen molar-refractivity contribution in [2.45, 2.75) is 52.1 Å². The van der Waals surface area contributed by atoms with Crippen molar-refractivity contribution in [1.82, 2.24) is 9.38 Å². The SMILES string of the molecule is CC(C)c1cccc(C(C)C)c1-c1ccc2c3cc(C(F)(F)F)ccc3c3nc(Cc4ccccc4)cn3c2c1. The molecule has 202 valence electrons. The average molecular weight is 537 g/mol. The number of pyridine rings is 1. The van der Waals surface area contributed by atoms with E-state index in [9.17, 15) is 13.2 Å². The minimum absolute atomic E-state index is 0.320. The van der Waals surface area contributed by atoms with E-state index in [2.05, 4.69) is 74.6 Å². The lowest BCUT2D eigenvalue weighted by atomic mass is 9.84. The Kier molecular flexibility index (Phi) is 6.41. The minimum Gasteiger partial charge on any atom is -0.299 e. The molecule has 0 amide bonds. The third-order valence-electron chi connectivity index (χ3n) is 7.78. The first kappa shape index (κ1) is 26.1. The topological polar surface area (TPSA) is 17.3 Å². The van der Waals surface area contributed by atoms with Crippen molar-refractivity contribution in [2.75, 3.05) is 0 Å². The van der Waals surface area contributed by atoms with Gasteiger partial charge in [0.2, 0.25) is 0 Å². The summed E-state index contributed by atoms with van der Waals surface area (Å²) in [6.45, 7) is 8.78. The molecule has 4 aromatic carbocycles. The van der Waals surface area contributed by atoms with E-state index >= 15 is 0 Å². The number of halogens is 3. The van der Waals surface area contributed by atoms with Gasteiger partial charge in [-0.15, -0.1) is 0 Å². The van der Waals surface area contributed by atoms with Crippen molar-refractivity contribution in [2.24, 2.45) is 0 Å². The molecule has 0 bridgehead atoms. The van der Waals surface area contributed by atoms with E-state index in [1.807, 2.05) is 30.5 Å². The Morgan fingerprint density at radius 1 is 0.725 bits per heavy atom. The van der Waals surface area contributed by atoms with E-state index in [1.165, 1.54) is 22.8 Å². The lowest BCUT2D eigenvalue weighted by molar-refractivity contribution is -0.137. The Morgan fingerprint density at radius 2 is 1.40 bits per heavy atom. The van der Waals surface area contributed by atoms with Gasteiger partial charge in [-0.1, -0.05) is 94.4 Å². The van der Waals surface area contributed by atoms with Crippen molar-refractivity contribution < 1.29 is 13.2 Å². The molecule has 6 aromatic rings. The Labute approximate surface area is 232 Å². The summed E-state index contributed by atoms with van der Waals surface area (Å²) >= 11 is 0. The van der Waals surface area contributed by atoms with Crippen LogP contribution in [0.1, 0.15) is 67.5 Å². The lowest BCUT2D eigenvalue weighted by Gasteiger charge is -2.21. The molecule has 0 aliphatic carbocycles. The molecule has 2 heterocycles. The van der Waals surface area contributed by atoms with Crippen molar-refractivity contribution in [3.8, 4) is 11.1 Å². The predicted molar refractivity (Wildman–Crippen MR) is 158 cm³/mol. The summed E-state index contributed by atoms with van der Waals surface area (Å²) < 4.78 is 43.4. The number of aromatic nitrogens is 2. The highest BCUT2D eigenvalue weighted by atomic mass is 19.4. The minimum atomic E-state index is -4.43. The number of imidazole rings is 1. The Balaban J connectivity index is 1.67. The molecule has 0 aliphatic rings. The van der Waals surface area contributed by atoms with Gasteiger partial charge in [0.15, 0.2) is 0 Å². The fourth-order valence-electron chi connectivity index (χ4n) is 5.83. The largest absolute Gasteiger partial charge is 0.416 e. The Bertz CT molecular complexity index is 1840. The van der Waals surface area contributed by atoms with Crippen molar-refractivity contribution in [1.29, 1.82) is 0 Å². The molecular formula is C35H31F3N2. The van der Waals surface area contributed by atoms with Gasteiger partial charge in [-0.2, -0.15) is 13.2 Å². The van der Waals surface area contributed by atoms with Crippen LogP contribution in [0.5, 0.6) is 0 Å².